The number of aliphatic imine (C=N–C) groups is 1. The minimum absolute atomic E-state index is 0. The van der Waals surface area contributed by atoms with Crippen molar-refractivity contribution >= 4 is 29.9 Å². The van der Waals surface area contributed by atoms with Crippen LogP contribution in [0.3, 0.4) is 0 Å². The molecule has 0 radical (unpaired) electrons. The summed E-state index contributed by atoms with van der Waals surface area (Å²) in [5, 5.41) is 6.33. The second kappa shape index (κ2) is 11.7. The van der Waals surface area contributed by atoms with E-state index in [4.69, 9.17) is 4.74 Å². The van der Waals surface area contributed by atoms with Crippen LogP contribution in [0.2, 0.25) is 0 Å². The predicted octanol–water partition coefficient (Wildman–Crippen LogP) is 2.79. The molecule has 2 N–H and O–H groups in total. The fourth-order valence-corrected chi connectivity index (χ4v) is 1.50. The van der Waals surface area contributed by atoms with Gasteiger partial charge < -0.3 is 15.4 Å². The fourth-order valence-electron chi connectivity index (χ4n) is 1.50. The number of halogens is 2. The minimum atomic E-state index is -0.289. The van der Waals surface area contributed by atoms with Crippen LogP contribution in [0.1, 0.15) is 19.8 Å². The van der Waals surface area contributed by atoms with Gasteiger partial charge in [0.15, 0.2) is 5.96 Å². The van der Waals surface area contributed by atoms with Crippen molar-refractivity contribution < 1.29 is 9.13 Å². The van der Waals surface area contributed by atoms with Gasteiger partial charge in [-0.2, -0.15) is 0 Å². The highest BCUT2D eigenvalue weighted by Gasteiger charge is 1.98. The molecule has 4 nitrogen and oxygen atoms in total. The topological polar surface area (TPSA) is 45.7 Å². The molecule has 0 spiro atoms. The molecule has 0 aliphatic rings. The van der Waals surface area contributed by atoms with Crippen LogP contribution in [-0.2, 0) is 0 Å². The summed E-state index contributed by atoms with van der Waals surface area (Å²) in [5.41, 5.74) is 0. The number of rotatable bonds is 7. The molecule has 6 heteroatoms. The van der Waals surface area contributed by atoms with Crippen LogP contribution < -0.4 is 15.4 Å². The van der Waals surface area contributed by atoms with E-state index in [-0.39, 0.29) is 29.8 Å². The monoisotopic (exact) mass is 395 g/mol. The number of unbranched alkanes of at least 4 members (excludes halogenated alkanes) is 1. The maximum atomic E-state index is 12.9. The average molecular weight is 395 g/mol. The van der Waals surface area contributed by atoms with Crippen LogP contribution >= 0.6 is 24.0 Å². The molecule has 20 heavy (non-hydrogen) atoms. The lowest BCUT2D eigenvalue weighted by Crippen LogP contribution is -2.39. The zero-order chi connectivity index (χ0) is 13.9. The first-order chi connectivity index (χ1) is 9.26. The molecule has 1 aromatic carbocycles. The van der Waals surface area contributed by atoms with E-state index in [2.05, 4.69) is 22.5 Å². The molecule has 0 bridgehead atoms. The SMILES string of the molecule is CCCCNC(=NC)NCCOc1cccc(F)c1.I. The van der Waals surface area contributed by atoms with Gasteiger partial charge >= 0.3 is 0 Å². The van der Waals surface area contributed by atoms with Crippen LogP contribution in [0.5, 0.6) is 5.75 Å². The third-order valence-corrected chi connectivity index (χ3v) is 2.51. The number of benzene rings is 1. The van der Waals surface area contributed by atoms with E-state index >= 15 is 0 Å². The molecule has 1 aromatic rings. The van der Waals surface area contributed by atoms with Crippen molar-refractivity contribution in [1.29, 1.82) is 0 Å². The highest BCUT2D eigenvalue weighted by molar-refractivity contribution is 14.0. The first kappa shape index (κ1) is 18.9. The van der Waals surface area contributed by atoms with Gasteiger partial charge in [0.05, 0.1) is 6.54 Å². The van der Waals surface area contributed by atoms with E-state index in [1.54, 1.807) is 19.2 Å². The van der Waals surface area contributed by atoms with Gasteiger partial charge in [0.2, 0.25) is 0 Å². The molecule has 0 saturated heterocycles. The van der Waals surface area contributed by atoms with Gasteiger partial charge in [-0.1, -0.05) is 19.4 Å². The smallest absolute Gasteiger partial charge is 0.191 e. The molecule has 0 unspecified atom stereocenters. The van der Waals surface area contributed by atoms with Crippen molar-refractivity contribution in [2.24, 2.45) is 4.99 Å². The minimum Gasteiger partial charge on any atom is -0.492 e. The second-order valence-electron chi connectivity index (χ2n) is 4.09. The summed E-state index contributed by atoms with van der Waals surface area (Å²) >= 11 is 0. The van der Waals surface area contributed by atoms with E-state index in [1.165, 1.54) is 12.1 Å². The lowest BCUT2D eigenvalue weighted by molar-refractivity contribution is 0.320. The molecule has 0 saturated carbocycles. The molecule has 0 aromatic heterocycles. The Morgan fingerprint density at radius 1 is 1.30 bits per heavy atom. The largest absolute Gasteiger partial charge is 0.492 e. The van der Waals surface area contributed by atoms with Crippen molar-refractivity contribution in [2.75, 3.05) is 26.7 Å². The predicted molar refractivity (Wildman–Crippen MR) is 91.6 cm³/mol. The van der Waals surface area contributed by atoms with Gasteiger partial charge in [0.25, 0.3) is 0 Å². The van der Waals surface area contributed by atoms with Gasteiger partial charge in [-0.3, -0.25) is 4.99 Å². The summed E-state index contributed by atoms with van der Waals surface area (Å²) in [6, 6.07) is 6.12. The molecule has 0 atom stereocenters. The number of nitrogens with one attached hydrogen (secondary N) is 2. The van der Waals surface area contributed by atoms with Crippen molar-refractivity contribution in [3.8, 4) is 5.75 Å². The Morgan fingerprint density at radius 3 is 2.70 bits per heavy atom. The standard InChI is InChI=1S/C14H22FN3O.HI/c1-3-4-8-17-14(16-2)18-9-10-19-13-7-5-6-12(15)11-13;/h5-7,11H,3-4,8-10H2,1-2H3,(H2,16,17,18);1H. The van der Waals surface area contributed by atoms with Gasteiger partial charge in [0, 0.05) is 19.7 Å². The van der Waals surface area contributed by atoms with Crippen molar-refractivity contribution in [2.45, 2.75) is 19.8 Å². The quantitative estimate of drug-likeness (QED) is 0.323. The summed E-state index contributed by atoms with van der Waals surface area (Å²) < 4.78 is 18.3. The molecule has 114 valence electrons. The fraction of sp³-hybridized carbons (Fsp3) is 0.500. The number of guanidine groups is 1. The van der Waals surface area contributed by atoms with E-state index in [0.29, 0.717) is 18.9 Å². The summed E-state index contributed by atoms with van der Waals surface area (Å²) in [4.78, 5) is 4.10. The lowest BCUT2D eigenvalue weighted by atomic mass is 10.3. The maximum absolute atomic E-state index is 12.9. The highest BCUT2D eigenvalue weighted by atomic mass is 127. The lowest BCUT2D eigenvalue weighted by Gasteiger charge is -2.12. The third kappa shape index (κ3) is 8.19. The summed E-state index contributed by atoms with van der Waals surface area (Å²) in [6.07, 6.45) is 2.26. The van der Waals surface area contributed by atoms with E-state index in [0.717, 1.165) is 25.3 Å². The summed E-state index contributed by atoms with van der Waals surface area (Å²) in [6.45, 7) is 4.12. The molecule has 0 amide bonds. The van der Waals surface area contributed by atoms with Crippen molar-refractivity contribution in [3.63, 3.8) is 0 Å². The molecular weight excluding hydrogens is 372 g/mol. The van der Waals surface area contributed by atoms with Gasteiger partial charge in [0.1, 0.15) is 18.2 Å². The van der Waals surface area contributed by atoms with Gasteiger partial charge in [-0.25, -0.2) is 4.39 Å². The highest BCUT2D eigenvalue weighted by Crippen LogP contribution is 2.11. The number of hydrogen-bond donors (Lipinski definition) is 2. The van der Waals surface area contributed by atoms with Crippen molar-refractivity contribution in [3.05, 3.63) is 30.1 Å². The Morgan fingerprint density at radius 2 is 2.05 bits per heavy atom. The molecule has 0 aliphatic carbocycles. The van der Waals surface area contributed by atoms with Crippen LogP contribution in [0, 0.1) is 5.82 Å². The number of nitrogens with zero attached hydrogens (tertiary/aromatic N) is 1. The Labute approximate surface area is 137 Å². The Balaban J connectivity index is 0.00000361. The average Bonchev–Trinajstić information content (AvgIpc) is 2.41. The number of ether oxygens (including phenoxy) is 1. The third-order valence-electron chi connectivity index (χ3n) is 2.51. The molecule has 1 rings (SSSR count). The molecule has 0 heterocycles. The van der Waals surface area contributed by atoms with E-state index in [9.17, 15) is 4.39 Å². The first-order valence-electron chi connectivity index (χ1n) is 6.59. The number of hydrogen-bond acceptors (Lipinski definition) is 2. The zero-order valence-corrected chi connectivity index (χ0v) is 14.3. The van der Waals surface area contributed by atoms with E-state index < -0.39 is 0 Å². The van der Waals surface area contributed by atoms with Crippen LogP contribution in [0.15, 0.2) is 29.3 Å². The summed E-state index contributed by atoms with van der Waals surface area (Å²) in [5.74, 6) is 1.01. The molecule has 0 aliphatic heterocycles. The van der Waals surface area contributed by atoms with Gasteiger partial charge in [-0.05, 0) is 18.6 Å². The Kier molecular flexibility index (Phi) is 11.1. The second-order valence-corrected chi connectivity index (χ2v) is 4.09. The van der Waals surface area contributed by atoms with Crippen LogP contribution in [-0.4, -0.2) is 32.7 Å². The summed E-state index contributed by atoms with van der Waals surface area (Å²) in [7, 11) is 1.73. The maximum Gasteiger partial charge on any atom is 0.191 e. The zero-order valence-electron chi connectivity index (χ0n) is 12.0. The molecule has 0 fully saturated rings. The van der Waals surface area contributed by atoms with Crippen LogP contribution in [0.25, 0.3) is 0 Å². The van der Waals surface area contributed by atoms with E-state index in [1.807, 2.05) is 0 Å². The van der Waals surface area contributed by atoms with Crippen molar-refractivity contribution in [1.82, 2.24) is 10.6 Å². The van der Waals surface area contributed by atoms with Crippen LogP contribution in [0.4, 0.5) is 4.39 Å². The van der Waals surface area contributed by atoms with Gasteiger partial charge in [-0.15, -0.1) is 24.0 Å². The molecular formula is C14H23FIN3O. The Hall–Kier alpha value is -1.05. The Bertz CT molecular complexity index is 402. The normalized spacial score (nSPS) is 10.7. The first-order valence-corrected chi connectivity index (χ1v) is 6.59.